The molecule has 1 unspecified atom stereocenters. The number of thioether (sulfide) groups is 2. The number of benzene rings is 1. The van der Waals surface area contributed by atoms with E-state index in [9.17, 15) is 4.79 Å². The minimum absolute atomic E-state index is 0.162. The quantitative estimate of drug-likeness (QED) is 0.832. The zero-order valence-electron chi connectivity index (χ0n) is 12.9. The van der Waals surface area contributed by atoms with Crippen molar-refractivity contribution in [3.05, 3.63) is 30.2 Å². The number of hydrogen-bond acceptors (Lipinski definition) is 5. The fourth-order valence-electron chi connectivity index (χ4n) is 3.25. The Balaban J connectivity index is 1.39. The summed E-state index contributed by atoms with van der Waals surface area (Å²) in [6, 6.07) is 7.90. The molecule has 0 saturated carbocycles. The lowest BCUT2D eigenvalue weighted by Gasteiger charge is -2.33. The maximum atomic E-state index is 12.6. The van der Waals surface area contributed by atoms with Gasteiger partial charge < -0.3 is 9.32 Å². The van der Waals surface area contributed by atoms with Crippen LogP contribution in [0.2, 0.25) is 0 Å². The van der Waals surface area contributed by atoms with Gasteiger partial charge in [-0.25, -0.2) is 4.98 Å². The zero-order chi connectivity index (χ0) is 15.6. The third kappa shape index (κ3) is 3.24. The molecule has 1 amide bonds. The minimum atomic E-state index is 0.162. The van der Waals surface area contributed by atoms with Gasteiger partial charge in [0.15, 0.2) is 11.5 Å². The molecule has 2 fully saturated rings. The van der Waals surface area contributed by atoms with Crippen molar-refractivity contribution >= 4 is 40.5 Å². The van der Waals surface area contributed by atoms with E-state index in [-0.39, 0.29) is 5.25 Å². The number of fused-ring (bicyclic) bond motifs is 1. The number of para-hydroxylation sites is 2. The van der Waals surface area contributed by atoms with Gasteiger partial charge in [-0.1, -0.05) is 12.1 Å². The average Bonchev–Trinajstić information content (AvgIpc) is 3.06. The number of likely N-dealkylation sites (tertiary alicyclic amines) is 1. The number of carbonyl (C=O) groups excluding carboxylic acids is 1. The van der Waals surface area contributed by atoms with Crippen LogP contribution in [0.15, 0.2) is 28.7 Å². The first kappa shape index (κ1) is 15.4. The van der Waals surface area contributed by atoms with Crippen molar-refractivity contribution in [3.8, 4) is 0 Å². The molecule has 1 aromatic heterocycles. The maximum absolute atomic E-state index is 12.6. The maximum Gasteiger partial charge on any atom is 0.236 e. The molecular weight excluding hydrogens is 328 g/mol. The van der Waals surface area contributed by atoms with Gasteiger partial charge in [0, 0.05) is 36.3 Å². The van der Waals surface area contributed by atoms with E-state index in [4.69, 9.17) is 4.42 Å². The molecule has 2 aliphatic rings. The first-order valence-corrected chi connectivity index (χ1v) is 10.4. The smallest absolute Gasteiger partial charge is 0.236 e. The Morgan fingerprint density at radius 1 is 1.22 bits per heavy atom. The molecule has 6 heteroatoms. The summed E-state index contributed by atoms with van der Waals surface area (Å²) in [4.78, 5) is 19.3. The molecule has 0 N–H and O–H groups in total. The van der Waals surface area contributed by atoms with E-state index in [1.807, 2.05) is 52.7 Å². The van der Waals surface area contributed by atoms with Crippen LogP contribution in [-0.4, -0.2) is 51.4 Å². The Bertz CT molecular complexity index is 656. The van der Waals surface area contributed by atoms with E-state index in [0.29, 0.717) is 11.8 Å². The van der Waals surface area contributed by atoms with Crippen molar-refractivity contribution in [2.45, 2.75) is 24.0 Å². The molecule has 1 aromatic carbocycles. The van der Waals surface area contributed by atoms with Gasteiger partial charge in [-0.2, -0.15) is 11.8 Å². The van der Waals surface area contributed by atoms with Gasteiger partial charge in [-0.15, -0.1) is 11.8 Å². The summed E-state index contributed by atoms with van der Waals surface area (Å²) in [5.74, 6) is 4.74. The third-order valence-corrected chi connectivity index (χ3v) is 7.30. The van der Waals surface area contributed by atoms with E-state index in [0.717, 1.165) is 54.4 Å². The minimum Gasteiger partial charge on any atom is -0.440 e. The fraction of sp³-hybridized carbons (Fsp3) is 0.529. The Kier molecular flexibility index (Phi) is 4.53. The fourth-order valence-corrected chi connectivity index (χ4v) is 5.87. The Morgan fingerprint density at radius 2 is 2.04 bits per heavy atom. The van der Waals surface area contributed by atoms with E-state index < -0.39 is 0 Å². The van der Waals surface area contributed by atoms with Crippen LogP contribution in [0.3, 0.4) is 0 Å². The third-order valence-electron chi connectivity index (χ3n) is 4.56. The summed E-state index contributed by atoms with van der Waals surface area (Å²) in [7, 11) is 0. The van der Waals surface area contributed by atoms with Crippen molar-refractivity contribution in [1.29, 1.82) is 0 Å². The van der Waals surface area contributed by atoms with E-state index >= 15 is 0 Å². The first-order chi connectivity index (χ1) is 11.3. The zero-order valence-corrected chi connectivity index (χ0v) is 14.6. The van der Waals surface area contributed by atoms with E-state index in [2.05, 4.69) is 4.98 Å². The number of oxazole rings is 1. The van der Waals surface area contributed by atoms with Gasteiger partial charge >= 0.3 is 0 Å². The number of rotatable bonds is 2. The summed E-state index contributed by atoms with van der Waals surface area (Å²) in [6.07, 6.45) is 1.90. The van der Waals surface area contributed by atoms with Crippen LogP contribution < -0.4 is 0 Å². The summed E-state index contributed by atoms with van der Waals surface area (Å²) in [6.45, 7) is 1.65. The van der Waals surface area contributed by atoms with Gasteiger partial charge in [0.05, 0.1) is 5.25 Å². The monoisotopic (exact) mass is 348 g/mol. The van der Waals surface area contributed by atoms with Gasteiger partial charge in [-0.3, -0.25) is 4.79 Å². The Hall–Kier alpha value is -1.14. The second-order valence-corrected chi connectivity index (χ2v) is 8.51. The topological polar surface area (TPSA) is 46.3 Å². The molecule has 3 heterocycles. The van der Waals surface area contributed by atoms with Crippen LogP contribution in [-0.2, 0) is 4.79 Å². The number of aromatic nitrogens is 1. The Labute approximate surface area is 144 Å². The van der Waals surface area contributed by atoms with Gasteiger partial charge in [0.25, 0.3) is 0 Å². The molecule has 2 aliphatic heterocycles. The molecule has 0 radical (unpaired) electrons. The van der Waals surface area contributed by atoms with Crippen LogP contribution in [0.25, 0.3) is 11.1 Å². The predicted octanol–water partition coefficient (Wildman–Crippen LogP) is 3.38. The number of nitrogens with zero attached hydrogens (tertiary/aromatic N) is 2. The first-order valence-electron chi connectivity index (χ1n) is 8.15. The highest BCUT2D eigenvalue weighted by Gasteiger charge is 2.31. The highest BCUT2D eigenvalue weighted by Crippen LogP contribution is 2.32. The molecule has 23 heavy (non-hydrogen) atoms. The molecule has 0 aliphatic carbocycles. The van der Waals surface area contributed by atoms with Crippen LogP contribution in [0.4, 0.5) is 0 Å². The van der Waals surface area contributed by atoms with Crippen LogP contribution in [0, 0.1) is 0 Å². The van der Waals surface area contributed by atoms with Crippen LogP contribution >= 0.6 is 23.5 Å². The second-order valence-electron chi connectivity index (χ2n) is 6.05. The van der Waals surface area contributed by atoms with Crippen LogP contribution in [0.1, 0.15) is 24.7 Å². The summed E-state index contributed by atoms with van der Waals surface area (Å²) in [5, 5.41) is 0.162. The lowest BCUT2D eigenvalue weighted by atomic mass is 9.96. The van der Waals surface area contributed by atoms with Crippen molar-refractivity contribution in [3.63, 3.8) is 0 Å². The molecular formula is C17H20N2O2S2. The highest BCUT2D eigenvalue weighted by atomic mass is 32.2. The van der Waals surface area contributed by atoms with Crippen molar-refractivity contribution in [2.75, 3.05) is 30.3 Å². The number of hydrogen-bond donors (Lipinski definition) is 0. The Morgan fingerprint density at radius 3 is 2.78 bits per heavy atom. The summed E-state index contributed by atoms with van der Waals surface area (Å²) in [5.41, 5.74) is 1.79. The molecule has 0 spiro atoms. The standard InChI is InChI=1S/C17H20N2O2S2/c20-17(15-11-22-9-10-23-15)19-7-5-12(6-8-19)16-18-13-3-1-2-4-14(13)21-16/h1-4,12,15H,5-11H2. The summed E-state index contributed by atoms with van der Waals surface area (Å²) < 4.78 is 5.90. The largest absolute Gasteiger partial charge is 0.440 e. The van der Waals surface area contributed by atoms with Gasteiger partial charge in [-0.05, 0) is 25.0 Å². The average molecular weight is 348 g/mol. The summed E-state index contributed by atoms with van der Waals surface area (Å²) >= 11 is 3.72. The molecule has 4 rings (SSSR count). The van der Waals surface area contributed by atoms with Crippen LogP contribution in [0.5, 0.6) is 0 Å². The molecule has 1 atom stereocenters. The second kappa shape index (κ2) is 6.77. The van der Waals surface area contributed by atoms with E-state index in [1.165, 1.54) is 5.75 Å². The SMILES string of the molecule is O=C(C1CSCCS1)N1CCC(c2nc3ccccc3o2)CC1. The lowest BCUT2D eigenvalue weighted by molar-refractivity contribution is -0.131. The molecule has 122 valence electrons. The normalized spacial score (nSPS) is 23.3. The highest BCUT2D eigenvalue weighted by molar-refractivity contribution is 8.07. The van der Waals surface area contributed by atoms with Crippen molar-refractivity contribution < 1.29 is 9.21 Å². The molecule has 2 aromatic rings. The molecule has 0 bridgehead atoms. The van der Waals surface area contributed by atoms with Gasteiger partial charge in [0.1, 0.15) is 5.52 Å². The van der Waals surface area contributed by atoms with E-state index in [1.54, 1.807) is 0 Å². The number of carbonyl (C=O) groups is 1. The number of amides is 1. The van der Waals surface area contributed by atoms with Crippen molar-refractivity contribution in [2.24, 2.45) is 0 Å². The lowest BCUT2D eigenvalue weighted by Crippen LogP contribution is -2.44. The predicted molar refractivity (Wildman–Crippen MR) is 96.1 cm³/mol. The molecule has 4 nitrogen and oxygen atoms in total. The molecule has 2 saturated heterocycles. The van der Waals surface area contributed by atoms with Crippen molar-refractivity contribution in [1.82, 2.24) is 9.88 Å². The number of piperidine rings is 1. The van der Waals surface area contributed by atoms with Gasteiger partial charge in [0.2, 0.25) is 5.91 Å².